The summed E-state index contributed by atoms with van der Waals surface area (Å²) < 4.78 is 30.6. The molecule has 1 aromatic carbocycles. The first-order chi connectivity index (χ1) is 19.4. The molecule has 40 heavy (non-hydrogen) atoms. The van der Waals surface area contributed by atoms with E-state index in [0.29, 0.717) is 41.1 Å². The summed E-state index contributed by atoms with van der Waals surface area (Å²) in [5.41, 5.74) is 8.54. The van der Waals surface area contributed by atoms with Gasteiger partial charge in [0.05, 0.1) is 22.7 Å². The van der Waals surface area contributed by atoms with E-state index in [1.165, 1.54) is 10.9 Å². The Balaban J connectivity index is 1.12. The minimum Gasteiger partial charge on any atom is -0.491 e. The van der Waals surface area contributed by atoms with Gasteiger partial charge in [-0.25, -0.2) is 19.3 Å². The van der Waals surface area contributed by atoms with Gasteiger partial charge in [0.1, 0.15) is 48.2 Å². The molecule has 0 bridgehead atoms. The van der Waals surface area contributed by atoms with Gasteiger partial charge in [0.25, 0.3) is 0 Å². The zero-order valence-corrected chi connectivity index (χ0v) is 21.5. The third kappa shape index (κ3) is 4.10. The number of aromatic nitrogens is 6. The Bertz CT molecular complexity index is 1720. The van der Waals surface area contributed by atoms with Gasteiger partial charge in [-0.05, 0) is 30.3 Å². The lowest BCUT2D eigenvalue weighted by Crippen LogP contribution is -2.51. The fourth-order valence-electron chi connectivity index (χ4n) is 5.29. The molecule has 4 aromatic heterocycles. The molecule has 6 heterocycles. The predicted octanol–water partition coefficient (Wildman–Crippen LogP) is 1.82. The van der Waals surface area contributed by atoms with Crippen molar-refractivity contribution >= 4 is 33.6 Å². The van der Waals surface area contributed by atoms with E-state index in [-0.39, 0.29) is 18.5 Å². The lowest BCUT2D eigenvalue weighted by molar-refractivity contribution is -0.0410. The molecule has 2 aliphatic rings. The van der Waals surface area contributed by atoms with Crippen LogP contribution in [0.3, 0.4) is 0 Å². The van der Waals surface area contributed by atoms with Gasteiger partial charge < -0.3 is 34.9 Å². The smallest absolute Gasteiger partial charge is 0.173 e. The Morgan fingerprint density at radius 1 is 1.15 bits per heavy atom. The highest BCUT2D eigenvalue weighted by atomic mass is 19.1. The largest absolute Gasteiger partial charge is 0.491 e. The van der Waals surface area contributed by atoms with Crippen LogP contribution in [0.2, 0.25) is 0 Å². The van der Waals surface area contributed by atoms with Gasteiger partial charge in [0.2, 0.25) is 0 Å². The molecule has 0 spiro atoms. The first-order valence-electron chi connectivity index (χ1n) is 12.9. The number of β-amino-alcohol motifs (C(OH)–C–C–N with tert-alkyl or cyclic N) is 1. The van der Waals surface area contributed by atoms with Crippen molar-refractivity contribution < 1.29 is 24.1 Å². The maximum Gasteiger partial charge on any atom is 0.173 e. The summed E-state index contributed by atoms with van der Waals surface area (Å²) in [4.78, 5) is 15.1. The molecule has 13 heteroatoms. The molecule has 2 aliphatic heterocycles. The molecule has 0 radical (unpaired) electrons. The molecule has 4 atom stereocenters. The Kier molecular flexibility index (Phi) is 5.80. The van der Waals surface area contributed by atoms with Crippen LogP contribution in [-0.4, -0.2) is 83.7 Å². The number of nitrogen functional groups attached to an aromatic ring is 1. The number of halogens is 1. The monoisotopic (exact) mass is 546 g/mol. The molecule has 0 unspecified atom stereocenters. The van der Waals surface area contributed by atoms with Crippen molar-refractivity contribution in [3.05, 3.63) is 55.1 Å². The van der Waals surface area contributed by atoms with E-state index in [9.17, 15) is 10.2 Å². The minimum absolute atomic E-state index is 0.0783. The van der Waals surface area contributed by atoms with Crippen LogP contribution in [-0.2, 0) is 11.8 Å². The lowest BCUT2D eigenvalue weighted by Gasteiger charge is -2.36. The number of benzene rings is 1. The zero-order chi connectivity index (χ0) is 27.5. The lowest BCUT2D eigenvalue weighted by atomic mass is 10.1. The maximum atomic E-state index is 15.5. The number of alkyl halides is 1. The van der Waals surface area contributed by atoms with Crippen LogP contribution in [0.15, 0.2) is 55.1 Å². The molecule has 0 amide bonds. The Morgan fingerprint density at radius 2 is 1.98 bits per heavy atom. The van der Waals surface area contributed by atoms with Crippen LogP contribution in [0.5, 0.6) is 5.75 Å². The van der Waals surface area contributed by atoms with E-state index in [1.54, 1.807) is 36.3 Å². The average Bonchev–Trinajstić information content (AvgIpc) is 3.61. The molecule has 7 rings (SSSR count). The second-order valence-electron chi connectivity index (χ2n) is 10.2. The number of ether oxygens (including phenoxy) is 2. The molecule has 5 aromatic rings. The van der Waals surface area contributed by atoms with E-state index in [1.807, 2.05) is 29.2 Å². The number of rotatable bonds is 6. The molecule has 4 N–H and O–H groups in total. The molecular formula is C27H27FN8O4. The standard InChI is InChI=1S/C27H27FN8O4/c1-34-7-6-18(33-34)17-11-36(26-22(17)25(29)30-13-31-26)27-23(28)24(38)20(40-27)12-39-16-4-2-14-3-5-21(32-19(14)8-16)35-9-15(37)10-35/h2-8,11,13,15,20,23-24,27,37-38H,9-10,12H2,1H3,(H2,29,30,31)/t20-,23+,24-,27-/m1/s1. The Hall–Kier alpha value is -4.33. The van der Waals surface area contributed by atoms with Gasteiger partial charge in [0, 0.05) is 49.5 Å². The summed E-state index contributed by atoms with van der Waals surface area (Å²) >= 11 is 0. The topological polar surface area (TPSA) is 150 Å². The van der Waals surface area contributed by atoms with Crippen LogP contribution >= 0.6 is 0 Å². The van der Waals surface area contributed by atoms with Gasteiger partial charge in [-0.15, -0.1) is 0 Å². The number of aryl methyl sites for hydroxylation is 1. The van der Waals surface area contributed by atoms with E-state index in [2.05, 4.69) is 20.1 Å². The average molecular weight is 547 g/mol. The highest BCUT2D eigenvalue weighted by molar-refractivity contribution is 5.99. The van der Waals surface area contributed by atoms with Crippen molar-refractivity contribution in [1.82, 2.24) is 29.3 Å². The Labute approximate surface area is 227 Å². The number of fused-ring (bicyclic) bond motifs is 2. The molecule has 0 aliphatic carbocycles. The van der Waals surface area contributed by atoms with Gasteiger partial charge in [-0.1, -0.05) is 0 Å². The molecule has 2 fully saturated rings. The molecule has 206 valence electrons. The van der Waals surface area contributed by atoms with Crippen molar-refractivity contribution in [1.29, 1.82) is 0 Å². The van der Waals surface area contributed by atoms with Crippen LogP contribution in [0.25, 0.3) is 33.2 Å². The molecule has 12 nitrogen and oxygen atoms in total. The first-order valence-corrected chi connectivity index (χ1v) is 12.9. The number of hydrogen-bond acceptors (Lipinski definition) is 10. The van der Waals surface area contributed by atoms with Gasteiger partial charge in [-0.2, -0.15) is 5.10 Å². The van der Waals surface area contributed by atoms with Crippen LogP contribution in [0.4, 0.5) is 16.0 Å². The number of nitrogens with two attached hydrogens (primary N) is 1. The maximum absolute atomic E-state index is 15.5. The highest BCUT2D eigenvalue weighted by Gasteiger charge is 2.46. The third-order valence-corrected chi connectivity index (χ3v) is 7.45. The summed E-state index contributed by atoms with van der Waals surface area (Å²) in [5.74, 6) is 1.53. The van der Waals surface area contributed by atoms with Gasteiger partial charge in [-0.3, -0.25) is 4.68 Å². The minimum atomic E-state index is -1.75. The highest BCUT2D eigenvalue weighted by Crippen LogP contribution is 2.39. The van der Waals surface area contributed by atoms with Gasteiger partial charge in [0.15, 0.2) is 12.4 Å². The fourth-order valence-corrected chi connectivity index (χ4v) is 5.29. The van der Waals surface area contributed by atoms with E-state index in [4.69, 9.17) is 15.2 Å². The van der Waals surface area contributed by atoms with Gasteiger partial charge >= 0.3 is 0 Å². The van der Waals surface area contributed by atoms with E-state index < -0.39 is 24.6 Å². The fraction of sp³-hybridized carbons (Fsp3) is 0.333. The summed E-state index contributed by atoms with van der Waals surface area (Å²) in [5, 5.41) is 26.2. The Morgan fingerprint density at radius 3 is 2.75 bits per heavy atom. The number of pyridine rings is 1. The number of anilines is 2. The van der Waals surface area contributed by atoms with Crippen molar-refractivity contribution in [3.8, 4) is 17.0 Å². The van der Waals surface area contributed by atoms with E-state index in [0.717, 1.165) is 16.7 Å². The summed E-state index contributed by atoms with van der Waals surface area (Å²) in [7, 11) is 1.79. The molecular weight excluding hydrogens is 519 g/mol. The van der Waals surface area contributed by atoms with Crippen molar-refractivity contribution in [2.75, 3.05) is 30.3 Å². The second-order valence-corrected chi connectivity index (χ2v) is 10.2. The summed E-state index contributed by atoms with van der Waals surface area (Å²) in [6, 6.07) is 11.2. The van der Waals surface area contributed by atoms with Crippen molar-refractivity contribution in [2.24, 2.45) is 7.05 Å². The SMILES string of the molecule is Cn1ccc(-c2cn([C@@H]3O[C@H](COc4ccc5ccc(N6CC(O)C6)nc5c4)[C@@H](O)[C@@H]3F)c3ncnc(N)c23)n1. The zero-order valence-electron chi connectivity index (χ0n) is 21.5. The number of aliphatic hydroxyl groups is 2. The van der Waals surface area contributed by atoms with E-state index >= 15 is 4.39 Å². The first kappa shape index (κ1) is 24.7. The van der Waals surface area contributed by atoms with Crippen LogP contribution < -0.4 is 15.4 Å². The summed E-state index contributed by atoms with van der Waals surface area (Å²) in [6.07, 6.45) is -0.832. The number of nitrogens with zero attached hydrogens (tertiary/aromatic N) is 7. The van der Waals surface area contributed by atoms with Crippen molar-refractivity contribution in [3.63, 3.8) is 0 Å². The molecule has 2 saturated heterocycles. The predicted molar refractivity (Wildman–Crippen MR) is 144 cm³/mol. The second kappa shape index (κ2) is 9.40. The summed E-state index contributed by atoms with van der Waals surface area (Å²) in [6.45, 7) is 1.02. The normalized spacial score (nSPS) is 23.2. The van der Waals surface area contributed by atoms with Crippen molar-refractivity contribution in [2.45, 2.75) is 30.7 Å². The quantitative estimate of drug-likeness (QED) is 0.288. The third-order valence-electron chi connectivity index (χ3n) is 7.45. The molecule has 0 saturated carbocycles. The number of hydrogen-bond donors (Lipinski definition) is 3. The van der Waals surface area contributed by atoms with Crippen LogP contribution in [0.1, 0.15) is 6.23 Å². The van der Waals surface area contributed by atoms with Crippen LogP contribution in [0, 0.1) is 0 Å². The number of aliphatic hydroxyl groups excluding tert-OH is 2.